The number of rotatable bonds is 7. The summed E-state index contributed by atoms with van der Waals surface area (Å²) in [7, 11) is 3.68. The van der Waals surface area contributed by atoms with Crippen LogP contribution in [0.3, 0.4) is 0 Å². The molecule has 0 aromatic rings. The molecule has 2 N–H and O–H groups in total. The Bertz CT molecular complexity index is 305. The van der Waals surface area contributed by atoms with Crippen molar-refractivity contribution in [1.29, 1.82) is 0 Å². The van der Waals surface area contributed by atoms with Gasteiger partial charge in [0.1, 0.15) is 0 Å². The fourth-order valence-electron chi connectivity index (χ4n) is 1.72. The van der Waals surface area contributed by atoms with E-state index in [4.69, 9.17) is 5.11 Å². The molecule has 18 heavy (non-hydrogen) atoms. The number of nitrogens with zero attached hydrogens (tertiary/aromatic N) is 2. The van der Waals surface area contributed by atoms with E-state index in [1.165, 1.54) is 17.7 Å². The van der Waals surface area contributed by atoms with Gasteiger partial charge in [-0.2, -0.15) is 0 Å². The molecule has 0 bridgehead atoms. The van der Waals surface area contributed by atoms with E-state index in [0.717, 1.165) is 0 Å². The third kappa shape index (κ3) is 4.91. The van der Waals surface area contributed by atoms with Crippen LogP contribution in [0.4, 0.5) is 4.79 Å². The number of carbonyl (C=O) groups is 2. The van der Waals surface area contributed by atoms with E-state index in [0.29, 0.717) is 18.6 Å². The van der Waals surface area contributed by atoms with Gasteiger partial charge >= 0.3 is 12.0 Å². The van der Waals surface area contributed by atoms with Gasteiger partial charge in [-0.25, -0.2) is 4.79 Å². The van der Waals surface area contributed by atoms with Crippen molar-refractivity contribution in [2.75, 3.05) is 27.2 Å². The van der Waals surface area contributed by atoms with Crippen LogP contribution in [-0.4, -0.2) is 66.2 Å². The molecule has 0 heterocycles. The van der Waals surface area contributed by atoms with E-state index in [-0.39, 0.29) is 19.0 Å². The molecule has 1 rings (SSSR count). The molecule has 0 aromatic heterocycles. The lowest BCUT2D eigenvalue weighted by Gasteiger charge is -2.26. The van der Waals surface area contributed by atoms with E-state index < -0.39 is 5.97 Å². The normalized spacial score (nSPS) is 16.4. The first kappa shape index (κ1) is 14.8. The molecule has 6 nitrogen and oxygen atoms in total. The van der Waals surface area contributed by atoms with Crippen LogP contribution in [0.2, 0.25) is 0 Å². The Kier molecular flexibility index (Phi) is 5.40. The third-order valence-electron chi connectivity index (χ3n) is 3.37. The molecule has 104 valence electrons. The molecule has 0 saturated heterocycles. The van der Waals surface area contributed by atoms with Crippen molar-refractivity contribution in [2.45, 2.75) is 38.3 Å². The number of urea groups is 1. The predicted octanol–water partition coefficient (Wildman–Crippen LogP) is 0.585. The smallest absolute Gasteiger partial charge is 0.317 e. The van der Waals surface area contributed by atoms with Crippen molar-refractivity contribution in [3.63, 3.8) is 0 Å². The van der Waals surface area contributed by atoms with Gasteiger partial charge in [-0.15, -0.1) is 0 Å². The number of likely N-dealkylation sites (N-methyl/N-ethyl adjacent to an activating group) is 1. The minimum Gasteiger partial charge on any atom is -0.481 e. The number of carboxylic acid groups (broad SMARTS) is 1. The number of hydrogen-bond donors (Lipinski definition) is 2. The lowest BCUT2D eigenvalue weighted by Crippen LogP contribution is -2.45. The van der Waals surface area contributed by atoms with Gasteiger partial charge < -0.3 is 15.3 Å². The van der Waals surface area contributed by atoms with Crippen molar-refractivity contribution in [3.8, 4) is 0 Å². The zero-order chi connectivity index (χ0) is 13.7. The van der Waals surface area contributed by atoms with Crippen molar-refractivity contribution in [3.05, 3.63) is 0 Å². The topological polar surface area (TPSA) is 72.9 Å². The second-order valence-electron chi connectivity index (χ2n) is 5.00. The molecule has 0 aliphatic heterocycles. The summed E-state index contributed by atoms with van der Waals surface area (Å²) in [6.07, 6.45) is 2.46. The molecule has 1 aliphatic rings. The molecule has 1 saturated carbocycles. The van der Waals surface area contributed by atoms with Crippen LogP contribution in [0.5, 0.6) is 0 Å². The summed E-state index contributed by atoms with van der Waals surface area (Å²) in [6, 6.07) is 0.753. The van der Waals surface area contributed by atoms with Crippen LogP contribution in [-0.2, 0) is 4.79 Å². The van der Waals surface area contributed by atoms with Crippen LogP contribution in [0.15, 0.2) is 0 Å². The Hall–Kier alpha value is -1.30. The first-order chi connectivity index (χ1) is 8.41. The van der Waals surface area contributed by atoms with E-state index in [2.05, 4.69) is 24.2 Å². The second-order valence-corrected chi connectivity index (χ2v) is 5.00. The summed E-state index contributed by atoms with van der Waals surface area (Å²) in [5.41, 5.74) is 0. The van der Waals surface area contributed by atoms with Gasteiger partial charge in [0.15, 0.2) is 0 Å². The molecule has 1 unspecified atom stereocenters. The summed E-state index contributed by atoms with van der Waals surface area (Å²) < 4.78 is 0. The highest BCUT2D eigenvalue weighted by molar-refractivity contribution is 5.75. The Morgan fingerprint density at radius 3 is 2.50 bits per heavy atom. The average molecular weight is 257 g/mol. The van der Waals surface area contributed by atoms with Gasteiger partial charge in [-0.1, -0.05) is 0 Å². The zero-order valence-electron chi connectivity index (χ0n) is 11.3. The maximum atomic E-state index is 11.7. The molecule has 0 radical (unpaired) electrons. The molecule has 0 aromatic carbocycles. The van der Waals surface area contributed by atoms with Crippen LogP contribution in [0.25, 0.3) is 0 Å². The highest BCUT2D eigenvalue weighted by atomic mass is 16.4. The van der Waals surface area contributed by atoms with Gasteiger partial charge in [0, 0.05) is 32.2 Å². The fraction of sp³-hybridized carbons (Fsp3) is 0.833. The third-order valence-corrected chi connectivity index (χ3v) is 3.37. The molecule has 1 aliphatic carbocycles. The number of nitrogens with one attached hydrogen (secondary N) is 1. The Balaban J connectivity index is 2.20. The van der Waals surface area contributed by atoms with Crippen LogP contribution in [0, 0.1) is 0 Å². The van der Waals surface area contributed by atoms with Gasteiger partial charge in [0.05, 0.1) is 6.42 Å². The maximum absolute atomic E-state index is 11.7. The van der Waals surface area contributed by atoms with Crippen molar-refractivity contribution in [2.24, 2.45) is 0 Å². The van der Waals surface area contributed by atoms with E-state index >= 15 is 0 Å². The largest absolute Gasteiger partial charge is 0.481 e. The van der Waals surface area contributed by atoms with E-state index in [9.17, 15) is 9.59 Å². The summed E-state index contributed by atoms with van der Waals surface area (Å²) >= 11 is 0. The summed E-state index contributed by atoms with van der Waals surface area (Å²) in [5, 5.41) is 11.4. The van der Waals surface area contributed by atoms with Crippen molar-refractivity contribution in [1.82, 2.24) is 15.1 Å². The van der Waals surface area contributed by atoms with Crippen LogP contribution < -0.4 is 5.32 Å². The second kappa shape index (κ2) is 6.58. The average Bonchev–Trinajstić information content (AvgIpc) is 3.15. The van der Waals surface area contributed by atoms with Gasteiger partial charge in [0.2, 0.25) is 0 Å². The lowest BCUT2D eigenvalue weighted by molar-refractivity contribution is -0.137. The van der Waals surface area contributed by atoms with Crippen LogP contribution in [0.1, 0.15) is 26.2 Å². The predicted molar refractivity (Wildman–Crippen MR) is 68.5 cm³/mol. The Labute approximate surface area is 108 Å². The molecule has 6 heteroatoms. The minimum absolute atomic E-state index is 0.0263. The molecular weight excluding hydrogens is 234 g/mol. The summed E-state index contributed by atoms with van der Waals surface area (Å²) in [6.45, 7) is 2.90. The van der Waals surface area contributed by atoms with E-state index in [1.54, 1.807) is 7.05 Å². The zero-order valence-corrected chi connectivity index (χ0v) is 11.3. The molecular formula is C12H23N3O3. The van der Waals surface area contributed by atoms with E-state index in [1.807, 2.05) is 0 Å². The lowest BCUT2D eigenvalue weighted by atomic mass is 10.3. The summed E-state index contributed by atoms with van der Waals surface area (Å²) in [5.74, 6) is -0.892. The fourth-order valence-corrected chi connectivity index (χ4v) is 1.72. The maximum Gasteiger partial charge on any atom is 0.317 e. The number of aliphatic carboxylic acids is 1. The highest BCUT2D eigenvalue weighted by Crippen LogP contribution is 2.26. The monoisotopic (exact) mass is 257 g/mol. The molecule has 1 atom stereocenters. The standard InChI is InChI=1S/C12H23N3O3/c1-9(15(3)10-4-5-10)8-13-12(18)14(2)7-6-11(16)17/h9-10H,4-8H2,1-3H3,(H,13,18)(H,16,17). The number of carbonyl (C=O) groups excluding carboxylic acids is 1. The number of hydrogen-bond acceptors (Lipinski definition) is 3. The van der Waals surface area contributed by atoms with Gasteiger partial charge in [0.25, 0.3) is 0 Å². The summed E-state index contributed by atoms with van der Waals surface area (Å²) in [4.78, 5) is 25.7. The van der Waals surface area contributed by atoms with Crippen molar-refractivity contribution >= 4 is 12.0 Å². The Morgan fingerprint density at radius 2 is 2.00 bits per heavy atom. The minimum atomic E-state index is -0.892. The number of amides is 2. The van der Waals surface area contributed by atoms with Gasteiger partial charge in [-0.3, -0.25) is 9.69 Å². The quantitative estimate of drug-likeness (QED) is 0.700. The first-order valence-electron chi connectivity index (χ1n) is 6.34. The van der Waals surface area contributed by atoms with Crippen molar-refractivity contribution < 1.29 is 14.7 Å². The first-order valence-corrected chi connectivity index (χ1v) is 6.34. The molecule has 0 spiro atoms. The van der Waals surface area contributed by atoms with Crippen LogP contribution >= 0.6 is 0 Å². The van der Waals surface area contributed by atoms with Gasteiger partial charge in [-0.05, 0) is 26.8 Å². The number of carboxylic acids is 1. The molecule has 2 amide bonds. The SMILES string of the molecule is CC(CNC(=O)N(C)CCC(=O)O)N(C)C1CC1. The highest BCUT2D eigenvalue weighted by Gasteiger charge is 2.29. The molecule has 1 fully saturated rings. The Morgan fingerprint density at radius 1 is 1.39 bits per heavy atom.